The van der Waals surface area contributed by atoms with E-state index in [2.05, 4.69) is 5.32 Å². The molecule has 0 atom stereocenters. The van der Waals surface area contributed by atoms with E-state index in [4.69, 9.17) is 10.2 Å². The summed E-state index contributed by atoms with van der Waals surface area (Å²) in [5.41, 5.74) is 7.35. The van der Waals surface area contributed by atoms with E-state index in [0.717, 1.165) is 12.0 Å². The van der Waals surface area contributed by atoms with Gasteiger partial charge in [0, 0.05) is 12.1 Å². The Hall–Kier alpha value is -3.67. The van der Waals surface area contributed by atoms with Crippen molar-refractivity contribution in [1.29, 1.82) is 0 Å². The Morgan fingerprint density at radius 2 is 1.69 bits per heavy atom. The maximum atomic E-state index is 12.6. The molecule has 2 aromatic carbocycles. The SMILES string of the molecule is Cc1cc(CCc2ccccc2)oc(=O)c1C(=O)Nc1cccc(CC(N)=O)c1. The summed E-state index contributed by atoms with van der Waals surface area (Å²) < 4.78 is 5.37. The largest absolute Gasteiger partial charge is 0.427 e. The number of carbonyl (C=O) groups excluding carboxylic acids is 2. The summed E-state index contributed by atoms with van der Waals surface area (Å²) >= 11 is 0. The summed E-state index contributed by atoms with van der Waals surface area (Å²) in [4.78, 5) is 36.1. The van der Waals surface area contributed by atoms with E-state index < -0.39 is 17.4 Å². The molecular weight excluding hydrogens is 368 g/mol. The predicted molar refractivity (Wildman–Crippen MR) is 111 cm³/mol. The molecule has 0 saturated heterocycles. The van der Waals surface area contributed by atoms with Gasteiger partial charge < -0.3 is 15.5 Å². The van der Waals surface area contributed by atoms with Gasteiger partial charge in [-0.1, -0.05) is 42.5 Å². The number of amides is 2. The van der Waals surface area contributed by atoms with Crippen molar-refractivity contribution in [2.75, 3.05) is 5.32 Å². The normalized spacial score (nSPS) is 10.5. The Bertz CT molecular complexity index is 1090. The lowest BCUT2D eigenvalue weighted by Gasteiger charge is -2.09. The number of rotatable bonds is 7. The fourth-order valence-corrected chi connectivity index (χ4v) is 3.14. The zero-order valence-corrected chi connectivity index (χ0v) is 16.1. The van der Waals surface area contributed by atoms with Crippen LogP contribution in [0, 0.1) is 6.92 Å². The number of benzene rings is 2. The topological polar surface area (TPSA) is 102 Å². The third-order valence-corrected chi connectivity index (χ3v) is 4.49. The van der Waals surface area contributed by atoms with Crippen molar-refractivity contribution in [3.8, 4) is 0 Å². The number of nitrogens with one attached hydrogen (secondary N) is 1. The average molecular weight is 390 g/mol. The number of primary amides is 1. The second-order valence-electron chi connectivity index (χ2n) is 6.84. The minimum Gasteiger partial charge on any atom is -0.427 e. The Kier molecular flexibility index (Phi) is 6.24. The average Bonchev–Trinajstić information content (AvgIpc) is 2.66. The minimum absolute atomic E-state index is 0.0336. The van der Waals surface area contributed by atoms with E-state index in [0.29, 0.717) is 29.0 Å². The number of hydrogen-bond donors (Lipinski definition) is 2. The van der Waals surface area contributed by atoms with Crippen LogP contribution in [0.15, 0.2) is 69.9 Å². The molecule has 1 heterocycles. The van der Waals surface area contributed by atoms with Crippen LogP contribution in [-0.4, -0.2) is 11.8 Å². The van der Waals surface area contributed by atoms with Crippen LogP contribution in [-0.2, 0) is 24.1 Å². The van der Waals surface area contributed by atoms with Gasteiger partial charge in [-0.05, 0) is 48.2 Å². The van der Waals surface area contributed by atoms with Crippen LogP contribution in [0.2, 0.25) is 0 Å². The van der Waals surface area contributed by atoms with Crippen molar-refractivity contribution in [1.82, 2.24) is 0 Å². The molecule has 1 aromatic heterocycles. The van der Waals surface area contributed by atoms with Crippen LogP contribution in [0.25, 0.3) is 0 Å². The lowest BCUT2D eigenvalue weighted by atomic mass is 10.1. The molecule has 0 aliphatic heterocycles. The van der Waals surface area contributed by atoms with E-state index >= 15 is 0 Å². The summed E-state index contributed by atoms with van der Waals surface area (Å²) in [6, 6.07) is 18.4. The zero-order valence-electron chi connectivity index (χ0n) is 16.1. The number of anilines is 1. The Morgan fingerprint density at radius 1 is 0.966 bits per heavy atom. The van der Waals surface area contributed by atoms with E-state index in [1.54, 1.807) is 37.3 Å². The van der Waals surface area contributed by atoms with Gasteiger partial charge in [0.1, 0.15) is 11.3 Å². The maximum absolute atomic E-state index is 12.6. The lowest BCUT2D eigenvalue weighted by Crippen LogP contribution is -2.23. The van der Waals surface area contributed by atoms with Gasteiger partial charge in [0.25, 0.3) is 5.91 Å². The Labute approximate surface area is 168 Å². The second kappa shape index (κ2) is 9.01. The molecular formula is C23H22N2O4. The van der Waals surface area contributed by atoms with Gasteiger partial charge in [-0.25, -0.2) is 4.79 Å². The molecule has 3 N–H and O–H groups in total. The number of aryl methyl sites for hydroxylation is 3. The van der Waals surface area contributed by atoms with E-state index in [1.807, 2.05) is 30.3 Å². The Balaban J connectivity index is 1.74. The lowest BCUT2D eigenvalue weighted by molar-refractivity contribution is -0.117. The molecule has 2 amide bonds. The van der Waals surface area contributed by atoms with Crippen molar-refractivity contribution >= 4 is 17.5 Å². The van der Waals surface area contributed by atoms with E-state index in [1.165, 1.54) is 0 Å². The van der Waals surface area contributed by atoms with Crippen LogP contribution in [0.1, 0.15) is 32.8 Å². The van der Waals surface area contributed by atoms with Crippen molar-refractivity contribution in [2.45, 2.75) is 26.2 Å². The highest BCUT2D eigenvalue weighted by Gasteiger charge is 2.17. The van der Waals surface area contributed by atoms with E-state index in [-0.39, 0.29) is 12.0 Å². The van der Waals surface area contributed by atoms with Crippen LogP contribution < -0.4 is 16.7 Å². The molecule has 148 valence electrons. The third kappa shape index (κ3) is 5.42. The summed E-state index contributed by atoms with van der Waals surface area (Å²) in [5, 5.41) is 2.68. The number of hydrogen-bond acceptors (Lipinski definition) is 4. The van der Waals surface area contributed by atoms with Crippen molar-refractivity contribution < 1.29 is 14.0 Å². The summed E-state index contributed by atoms with van der Waals surface area (Å²) in [6.45, 7) is 1.71. The van der Waals surface area contributed by atoms with Crippen molar-refractivity contribution in [2.24, 2.45) is 5.73 Å². The Morgan fingerprint density at radius 3 is 2.38 bits per heavy atom. The molecule has 0 radical (unpaired) electrons. The highest BCUT2D eigenvalue weighted by Crippen LogP contribution is 2.15. The van der Waals surface area contributed by atoms with Gasteiger partial charge in [-0.2, -0.15) is 0 Å². The molecule has 3 rings (SSSR count). The number of nitrogens with two attached hydrogens (primary N) is 1. The van der Waals surface area contributed by atoms with Gasteiger partial charge in [-0.15, -0.1) is 0 Å². The predicted octanol–water partition coefficient (Wildman–Crippen LogP) is 3.01. The summed E-state index contributed by atoms with van der Waals surface area (Å²) in [5.74, 6) is -0.477. The molecule has 0 spiro atoms. The fourth-order valence-electron chi connectivity index (χ4n) is 3.14. The van der Waals surface area contributed by atoms with Gasteiger partial charge >= 0.3 is 5.63 Å². The molecule has 6 nitrogen and oxygen atoms in total. The highest BCUT2D eigenvalue weighted by atomic mass is 16.4. The van der Waals surface area contributed by atoms with Gasteiger partial charge in [-0.3, -0.25) is 9.59 Å². The standard InChI is InChI=1S/C23H22N2O4/c1-15-12-19(11-10-16-6-3-2-4-7-16)29-23(28)21(15)22(27)25-18-9-5-8-17(13-18)14-20(24)26/h2-9,12-13H,10-11,14H2,1H3,(H2,24,26)(H,25,27). The quantitative estimate of drug-likeness (QED) is 0.647. The highest BCUT2D eigenvalue weighted by molar-refractivity contribution is 6.05. The smallest absolute Gasteiger partial charge is 0.349 e. The fraction of sp³-hybridized carbons (Fsp3) is 0.174. The molecule has 0 aliphatic rings. The first-order valence-electron chi connectivity index (χ1n) is 9.28. The molecule has 29 heavy (non-hydrogen) atoms. The van der Waals surface area contributed by atoms with Crippen LogP contribution >= 0.6 is 0 Å². The van der Waals surface area contributed by atoms with Gasteiger partial charge in [0.05, 0.1) is 6.42 Å². The molecule has 0 fully saturated rings. The molecule has 3 aromatic rings. The van der Waals surface area contributed by atoms with Gasteiger partial charge in [0.15, 0.2) is 0 Å². The summed E-state index contributed by atoms with van der Waals surface area (Å²) in [7, 11) is 0. The van der Waals surface area contributed by atoms with Gasteiger partial charge in [0.2, 0.25) is 5.91 Å². The maximum Gasteiger partial charge on any atom is 0.349 e. The number of carbonyl (C=O) groups is 2. The molecule has 0 unspecified atom stereocenters. The minimum atomic E-state index is -0.668. The first-order chi connectivity index (χ1) is 13.9. The van der Waals surface area contributed by atoms with E-state index in [9.17, 15) is 14.4 Å². The third-order valence-electron chi connectivity index (χ3n) is 4.49. The zero-order chi connectivity index (χ0) is 20.8. The molecule has 0 aliphatic carbocycles. The molecule has 0 bridgehead atoms. The second-order valence-corrected chi connectivity index (χ2v) is 6.84. The van der Waals surface area contributed by atoms with Crippen LogP contribution in [0.3, 0.4) is 0 Å². The molecule has 6 heteroatoms. The van der Waals surface area contributed by atoms with Crippen LogP contribution in [0.5, 0.6) is 0 Å². The summed E-state index contributed by atoms with van der Waals surface area (Å²) in [6.07, 6.45) is 1.37. The van der Waals surface area contributed by atoms with Crippen molar-refractivity contribution in [3.05, 3.63) is 99.1 Å². The first kappa shape index (κ1) is 20.1. The molecule has 0 saturated carbocycles. The van der Waals surface area contributed by atoms with Crippen LogP contribution in [0.4, 0.5) is 5.69 Å². The van der Waals surface area contributed by atoms with Crippen molar-refractivity contribution in [3.63, 3.8) is 0 Å². The first-order valence-corrected chi connectivity index (χ1v) is 9.28. The monoisotopic (exact) mass is 390 g/mol.